The largest absolute Gasteiger partial charge is 0.756 e. The van der Waals surface area contributed by atoms with Gasteiger partial charge < -0.3 is 27.9 Å². The predicted octanol–water partition coefficient (Wildman–Crippen LogP) is 14.4. The minimum absolute atomic E-state index is 0.0298. The van der Waals surface area contributed by atoms with Gasteiger partial charge in [-0.15, -0.1) is 0 Å². The van der Waals surface area contributed by atoms with E-state index in [4.69, 9.17) is 18.5 Å². The zero-order chi connectivity index (χ0) is 42.7. The Balaban J connectivity index is 3.96. The molecule has 2 unspecified atom stereocenters. The molecule has 0 fully saturated rings. The van der Waals surface area contributed by atoms with Crippen LogP contribution in [-0.4, -0.2) is 70.7 Å². The van der Waals surface area contributed by atoms with Crippen molar-refractivity contribution in [2.24, 2.45) is 0 Å². The highest BCUT2D eigenvalue weighted by molar-refractivity contribution is 7.45. The van der Waals surface area contributed by atoms with E-state index < -0.39 is 13.9 Å². The van der Waals surface area contributed by atoms with Gasteiger partial charge in [0.25, 0.3) is 7.82 Å². The highest BCUT2D eigenvalue weighted by Crippen LogP contribution is 2.38. The number of phosphoric ester groups is 1. The number of carbonyl (C=O) groups excluding carboxylic acids is 1. The molecule has 346 valence electrons. The van der Waals surface area contributed by atoms with E-state index in [9.17, 15) is 14.3 Å². The van der Waals surface area contributed by atoms with E-state index in [-0.39, 0.29) is 25.8 Å². The van der Waals surface area contributed by atoms with Gasteiger partial charge in [-0.1, -0.05) is 206 Å². The molecule has 0 aliphatic rings. The molecule has 0 bridgehead atoms. The van der Waals surface area contributed by atoms with E-state index in [0.29, 0.717) is 24.1 Å². The molecule has 58 heavy (non-hydrogen) atoms. The van der Waals surface area contributed by atoms with Crippen molar-refractivity contribution in [3.8, 4) is 0 Å². The highest BCUT2D eigenvalue weighted by Gasteiger charge is 2.20. The minimum atomic E-state index is -4.52. The zero-order valence-corrected chi connectivity index (χ0v) is 40.2. The standard InChI is InChI=1S/C49H98NO7P/c1-6-8-10-12-14-16-18-19-20-21-22-23-24-25-26-27-28-29-30-31-32-33-35-37-39-41-44-54-46-48(47-56-58(52,53)55-45-43-50(3,4)5)57-49(51)42-40-38-36-34-17-15-13-11-9-7-2/h21-22,48H,6-20,23-47H2,1-5H3/b22-21-. The van der Waals surface area contributed by atoms with Crippen molar-refractivity contribution in [1.29, 1.82) is 0 Å². The Bertz CT molecular complexity index is 940. The number of hydrogen-bond acceptors (Lipinski definition) is 7. The molecule has 0 saturated heterocycles. The first kappa shape index (κ1) is 57.2. The summed E-state index contributed by atoms with van der Waals surface area (Å²) in [6.07, 6.45) is 48.2. The van der Waals surface area contributed by atoms with Crippen LogP contribution in [0.15, 0.2) is 12.2 Å². The lowest BCUT2D eigenvalue weighted by Gasteiger charge is -2.28. The van der Waals surface area contributed by atoms with E-state index in [0.717, 1.165) is 32.1 Å². The molecule has 0 aliphatic heterocycles. The van der Waals surface area contributed by atoms with Crippen LogP contribution < -0.4 is 4.89 Å². The average Bonchev–Trinajstić information content (AvgIpc) is 3.18. The van der Waals surface area contributed by atoms with Gasteiger partial charge in [0.15, 0.2) is 0 Å². The SMILES string of the molecule is CCCCCCCCCC/C=C\CCCCCCCCCCCCCCCCOCC(COP(=O)([O-])OCC[N+](C)(C)C)OC(=O)CCCCCCCCCCCC. The van der Waals surface area contributed by atoms with Crippen molar-refractivity contribution in [2.45, 2.75) is 245 Å². The second kappa shape index (κ2) is 42.9. The quantitative estimate of drug-likeness (QED) is 0.0198. The molecule has 0 heterocycles. The van der Waals surface area contributed by atoms with Crippen molar-refractivity contribution >= 4 is 13.8 Å². The summed E-state index contributed by atoms with van der Waals surface area (Å²) in [7, 11) is 1.37. The summed E-state index contributed by atoms with van der Waals surface area (Å²) in [6, 6.07) is 0. The van der Waals surface area contributed by atoms with E-state index in [1.165, 1.54) is 186 Å². The van der Waals surface area contributed by atoms with Crippen LogP contribution in [0.25, 0.3) is 0 Å². The third-order valence-corrected chi connectivity index (χ3v) is 12.0. The Kier molecular flexibility index (Phi) is 42.3. The number of ether oxygens (including phenoxy) is 2. The van der Waals surface area contributed by atoms with Crippen LogP contribution >= 0.6 is 7.82 Å². The highest BCUT2D eigenvalue weighted by atomic mass is 31.2. The maximum absolute atomic E-state index is 12.6. The Morgan fingerprint density at radius 2 is 0.897 bits per heavy atom. The Morgan fingerprint density at radius 1 is 0.517 bits per heavy atom. The van der Waals surface area contributed by atoms with E-state index in [1.54, 1.807) is 0 Å². The third kappa shape index (κ3) is 46.3. The number of likely N-dealkylation sites (N-methyl/N-ethyl adjacent to an activating group) is 1. The van der Waals surface area contributed by atoms with Crippen LogP contribution in [-0.2, 0) is 27.9 Å². The summed E-state index contributed by atoms with van der Waals surface area (Å²) >= 11 is 0. The molecule has 9 heteroatoms. The van der Waals surface area contributed by atoms with Gasteiger partial charge in [-0.25, -0.2) is 0 Å². The first-order valence-corrected chi connectivity index (χ1v) is 26.4. The molecule has 0 saturated carbocycles. The normalized spacial score (nSPS) is 13.7. The molecule has 0 aliphatic carbocycles. The monoisotopic (exact) mass is 844 g/mol. The number of carbonyl (C=O) groups is 1. The first-order chi connectivity index (χ1) is 28.1. The lowest BCUT2D eigenvalue weighted by Crippen LogP contribution is -2.37. The van der Waals surface area contributed by atoms with Gasteiger partial charge in [0.1, 0.15) is 19.3 Å². The number of unbranched alkanes of at least 4 members (excludes halogenated alkanes) is 31. The number of phosphoric acid groups is 1. The van der Waals surface area contributed by atoms with Crippen molar-refractivity contribution < 1.29 is 37.3 Å². The molecule has 0 aromatic carbocycles. The Labute approximate surface area is 360 Å². The van der Waals surface area contributed by atoms with Crippen LogP contribution in [0, 0.1) is 0 Å². The van der Waals surface area contributed by atoms with Gasteiger partial charge in [0.2, 0.25) is 0 Å². The lowest BCUT2D eigenvalue weighted by atomic mass is 10.0. The van der Waals surface area contributed by atoms with Gasteiger partial charge in [-0.05, 0) is 38.5 Å². The Morgan fingerprint density at radius 3 is 1.31 bits per heavy atom. The topological polar surface area (TPSA) is 94.1 Å². The molecule has 8 nitrogen and oxygen atoms in total. The fourth-order valence-electron chi connectivity index (χ4n) is 7.19. The first-order valence-electron chi connectivity index (χ1n) is 24.9. The summed E-state index contributed by atoms with van der Waals surface area (Å²) in [4.78, 5) is 25.0. The number of rotatable bonds is 47. The summed E-state index contributed by atoms with van der Waals surface area (Å²) in [5, 5.41) is 0. The van der Waals surface area contributed by atoms with Gasteiger partial charge in [0.05, 0.1) is 34.4 Å². The van der Waals surface area contributed by atoms with Crippen LogP contribution in [0.4, 0.5) is 0 Å². The smallest absolute Gasteiger partial charge is 0.306 e. The van der Waals surface area contributed by atoms with Crippen LogP contribution in [0.2, 0.25) is 0 Å². The summed E-state index contributed by atoms with van der Waals surface area (Å²) in [6.45, 7) is 5.44. The molecule has 0 radical (unpaired) electrons. The van der Waals surface area contributed by atoms with Crippen LogP contribution in [0.1, 0.15) is 239 Å². The van der Waals surface area contributed by atoms with Gasteiger partial charge >= 0.3 is 5.97 Å². The number of quaternary nitrogens is 1. The number of nitrogens with zero attached hydrogens (tertiary/aromatic N) is 1. The van der Waals surface area contributed by atoms with Gasteiger partial charge in [0, 0.05) is 13.0 Å². The van der Waals surface area contributed by atoms with Crippen LogP contribution in [0.5, 0.6) is 0 Å². The molecule has 0 amide bonds. The van der Waals surface area contributed by atoms with E-state index >= 15 is 0 Å². The molecule has 0 N–H and O–H groups in total. The second-order valence-corrected chi connectivity index (χ2v) is 19.6. The van der Waals surface area contributed by atoms with Crippen LogP contribution in [0.3, 0.4) is 0 Å². The minimum Gasteiger partial charge on any atom is -0.756 e. The van der Waals surface area contributed by atoms with Crippen molar-refractivity contribution in [2.75, 3.05) is 54.1 Å². The zero-order valence-electron chi connectivity index (χ0n) is 39.3. The molecule has 0 rings (SSSR count). The maximum Gasteiger partial charge on any atom is 0.306 e. The predicted molar refractivity (Wildman–Crippen MR) is 245 cm³/mol. The molecular weight excluding hydrogens is 746 g/mol. The number of hydrogen-bond donors (Lipinski definition) is 0. The molecule has 0 spiro atoms. The lowest BCUT2D eigenvalue weighted by molar-refractivity contribution is -0.870. The number of allylic oxidation sites excluding steroid dienone is 2. The summed E-state index contributed by atoms with van der Waals surface area (Å²) in [5.41, 5.74) is 0. The summed E-state index contributed by atoms with van der Waals surface area (Å²) < 4.78 is 34.6. The fourth-order valence-corrected chi connectivity index (χ4v) is 7.92. The fraction of sp³-hybridized carbons (Fsp3) is 0.939. The molecule has 0 aromatic heterocycles. The average molecular weight is 844 g/mol. The maximum atomic E-state index is 12.6. The number of esters is 1. The van der Waals surface area contributed by atoms with Crippen molar-refractivity contribution in [1.82, 2.24) is 0 Å². The molecule has 2 atom stereocenters. The third-order valence-electron chi connectivity index (χ3n) is 11.1. The summed E-state index contributed by atoms with van der Waals surface area (Å²) in [5.74, 6) is -0.332. The molecular formula is C49H98NO7P. The Hall–Kier alpha value is -0.760. The van der Waals surface area contributed by atoms with E-state index in [2.05, 4.69) is 26.0 Å². The van der Waals surface area contributed by atoms with Crippen molar-refractivity contribution in [3.63, 3.8) is 0 Å². The molecule has 0 aromatic rings. The van der Waals surface area contributed by atoms with E-state index in [1.807, 2.05) is 21.1 Å². The van der Waals surface area contributed by atoms with Gasteiger partial charge in [-0.3, -0.25) is 9.36 Å². The van der Waals surface area contributed by atoms with Crippen molar-refractivity contribution in [3.05, 3.63) is 12.2 Å². The second-order valence-electron chi connectivity index (χ2n) is 18.2. The van der Waals surface area contributed by atoms with Gasteiger partial charge in [-0.2, -0.15) is 0 Å².